The maximum atomic E-state index is 11.4. The Bertz CT molecular complexity index is 432. The summed E-state index contributed by atoms with van der Waals surface area (Å²) in [6.45, 7) is 0. The third-order valence-corrected chi connectivity index (χ3v) is 6.52. The number of rotatable bonds is 2. The van der Waals surface area contributed by atoms with E-state index < -0.39 is 23.8 Å². The third-order valence-electron chi connectivity index (χ3n) is 6.52. The van der Waals surface area contributed by atoms with Crippen LogP contribution in [0, 0.1) is 47.3 Å². The van der Waals surface area contributed by atoms with Gasteiger partial charge in [-0.05, 0) is 61.2 Å². The van der Waals surface area contributed by atoms with Gasteiger partial charge in [0, 0.05) is 0 Å². The second-order valence-corrected chi connectivity index (χ2v) is 6.77. The van der Waals surface area contributed by atoms with Crippen LogP contribution in [0.5, 0.6) is 0 Å². The van der Waals surface area contributed by atoms with Crippen LogP contribution in [0.4, 0.5) is 0 Å². The van der Waals surface area contributed by atoms with E-state index in [-0.39, 0.29) is 11.8 Å². The molecular weight excluding hydrogens is 232 g/mol. The summed E-state index contributed by atoms with van der Waals surface area (Å²) in [6, 6.07) is 0. The van der Waals surface area contributed by atoms with Crippen LogP contribution in [-0.2, 0) is 9.59 Å². The standard InChI is InChI=1S/C14H18O4/c15-13(16)11-9-4-7-5-1-2-6(7)8(3-5)10(9)12(11)14(17)18/h5-12H,1-4H2,(H,15,16)(H,17,18). The smallest absolute Gasteiger partial charge is 0.307 e. The van der Waals surface area contributed by atoms with Gasteiger partial charge in [-0.25, -0.2) is 0 Å². The molecule has 2 N–H and O–H groups in total. The summed E-state index contributed by atoms with van der Waals surface area (Å²) in [4.78, 5) is 22.7. The van der Waals surface area contributed by atoms with Gasteiger partial charge in [0.1, 0.15) is 0 Å². The molecule has 18 heavy (non-hydrogen) atoms. The Kier molecular flexibility index (Phi) is 1.97. The van der Waals surface area contributed by atoms with Gasteiger partial charge >= 0.3 is 11.9 Å². The zero-order valence-corrected chi connectivity index (χ0v) is 10.2. The van der Waals surface area contributed by atoms with E-state index >= 15 is 0 Å². The van der Waals surface area contributed by atoms with Crippen LogP contribution < -0.4 is 0 Å². The van der Waals surface area contributed by atoms with Crippen molar-refractivity contribution in [2.45, 2.75) is 25.7 Å². The molecule has 0 saturated heterocycles. The van der Waals surface area contributed by atoms with Crippen molar-refractivity contribution in [1.29, 1.82) is 0 Å². The van der Waals surface area contributed by atoms with E-state index in [2.05, 4.69) is 0 Å². The Morgan fingerprint density at radius 3 is 2.17 bits per heavy atom. The maximum absolute atomic E-state index is 11.4. The fourth-order valence-electron chi connectivity index (χ4n) is 6.07. The van der Waals surface area contributed by atoms with Gasteiger partial charge in [-0.3, -0.25) is 9.59 Å². The number of carboxylic acid groups (broad SMARTS) is 2. The molecule has 0 aromatic rings. The summed E-state index contributed by atoms with van der Waals surface area (Å²) in [7, 11) is 0. The van der Waals surface area contributed by atoms with E-state index in [1.807, 2.05) is 0 Å². The van der Waals surface area contributed by atoms with Gasteiger partial charge < -0.3 is 10.2 Å². The molecule has 4 rings (SSSR count). The SMILES string of the molecule is O=C(O)C1C2CC3C4CCC3C(C4)C2C1C(=O)O. The van der Waals surface area contributed by atoms with Gasteiger partial charge in [-0.1, -0.05) is 0 Å². The molecule has 8 atom stereocenters. The van der Waals surface area contributed by atoms with Crippen LogP contribution in [0.15, 0.2) is 0 Å². The van der Waals surface area contributed by atoms with Crippen molar-refractivity contribution in [3.8, 4) is 0 Å². The first-order chi connectivity index (χ1) is 8.59. The molecule has 4 aliphatic carbocycles. The van der Waals surface area contributed by atoms with Crippen molar-refractivity contribution < 1.29 is 19.8 Å². The molecule has 4 nitrogen and oxygen atoms in total. The van der Waals surface area contributed by atoms with Crippen molar-refractivity contribution >= 4 is 11.9 Å². The van der Waals surface area contributed by atoms with Crippen molar-refractivity contribution in [1.82, 2.24) is 0 Å². The minimum atomic E-state index is -0.891. The molecule has 4 aliphatic rings. The van der Waals surface area contributed by atoms with Crippen LogP contribution in [-0.4, -0.2) is 22.2 Å². The largest absolute Gasteiger partial charge is 0.481 e. The summed E-state index contributed by atoms with van der Waals surface area (Å²) in [5.74, 6) is 0.0303. The van der Waals surface area contributed by atoms with E-state index in [4.69, 9.17) is 0 Å². The van der Waals surface area contributed by atoms with Crippen LogP contribution in [0.25, 0.3) is 0 Å². The van der Waals surface area contributed by atoms with Gasteiger partial charge in [0.05, 0.1) is 11.8 Å². The van der Waals surface area contributed by atoms with Gasteiger partial charge in [0.15, 0.2) is 0 Å². The maximum Gasteiger partial charge on any atom is 0.307 e. The number of hydrogen-bond acceptors (Lipinski definition) is 2. The zero-order valence-electron chi connectivity index (χ0n) is 10.2. The normalized spacial score (nSPS) is 55.8. The molecule has 0 radical (unpaired) electrons. The summed E-state index contributed by atoms with van der Waals surface area (Å²) in [5, 5.41) is 18.6. The second-order valence-electron chi connectivity index (χ2n) is 6.77. The van der Waals surface area contributed by atoms with Gasteiger partial charge in [-0.15, -0.1) is 0 Å². The number of carbonyl (C=O) groups is 2. The number of carboxylic acids is 2. The highest BCUT2D eigenvalue weighted by Gasteiger charge is 2.68. The lowest BCUT2D eigenvalue weighted by Crippen LogP contribution is -2.59. The van der Waals surface area contributed by atoms with Crippen LogP contribution in [0.3, 0.4) is 0 Å². The summed E-state index contributed by atoms with van der Waals surface area (Å²) in [5.41, 5.74) is 0. The molecule has 8 unspecified atom stereocenters. The quantitative estimate of drug-likeness (QED) is 0.782. The zero-order chi connectivity index (χ0) is 12.6. The number of aliphatic carboxylic acids is 2. The Hall–Kier alpha value is -1.06. The Morgan fingerprint density at radius 1 is 0.778 bits per heavy atom. The summed E-state index contributed by atoms with van der Waals surface area (Å²) < 4.78 is 0. The predicted octanol–water partition coefficient (Wildman–Crippen LogP) is 1.70. The number of fused-ring (bicyclic) bond motifs is 2. The molecule has 4 heteroatoms. The molecule has 0 aliphatic heterocycles. The minimum Gasteiger partial charge on any atom is -0.481 e. The first-order valence-corrected chi connectivity index (χ1v) is 7.05. The first kappa shape index (κ1) is 10.8. The fraction of sp³-hybridized carbons (Fsp3) is 0.857. The fourth-order valence-corrected chi connectivity index (χ4v) is 6.07. The molecule has 0 spiro atoms. The van der Waals surface area contributed by atoms with Crippen LogP contribution in [0.2, 0.25) is 0 Å². The Labute approximate surface area is 105 Å². The molecular formula is C14H18O4. The van der Waals surface area contributed by atoms with Crippen molar-refractivity contribution in [3.05, 3.63) is 0 Å². The van der Waals surface area contributed by atoms with E-state index in [1.165, 1.54) is 19.3 Å². The molecule has 4 fully saturated rings. The highest BCUT2D eigenvalue weighted by molar-refractivity contribution is 5.83. The third kappa shape index (κ3) is 1.08. The predicted molar refractivity (Wildman–Crippen MR) is 61.7 cm³/mol. The number of hydrogen-bond donors (Lipinski definition) is 2. The first-order valence-electron chi connectivity index (χ1n) is 7.05. The van der Waals surface area contributed by atoms with Crippen LogP contribution >= 0.6 is 0 Å². The lowest BCUT2D eigenvalue weighted by atomic mass is 9.47. The molecule has 4 saturated carbocycles. The van der Waals surface area contributed by atoms with E-state index in [0.717, 1.165) is 12.3 Å². The lowest BCUT2D eigenvalue weighted by molar-refractivity contribution is -0.187. The van der Waals surface area contributed by atoms with Gasteiger partial charge in [-0.2, -0.15) is 0 Å². The van der Waals surface area contributed by atoms with Crippen molar-refractivity contribution in [2.75, 3.05) is 0 Å². The van der Waals surface area contributed by atoms with Crippen molar-refractivity contribution in [2.24, 2.45) is 47.3 Å². The Morgan fingerprint density at radius 2 is 1.50 bits per heavy atom. The highest BCUT2D eigenvalue weighted by atomic mass is 16.4. The molecule has 0 aromatic heterocycles. The second kappa shape index (κ2) is 3.28. The van der Waals surface area contributed by atoms with Crippen molar-refractivity contribution in [3.63, 3.8) is 0 Å². The monoisotopic (exact) mass is 250 g/mol. The topological polar surface area (TPSA) is 74.6 Å². The molecule has 0 heterocycles. The lowest BCUT2D eigenvalue weighted by Gasteiger charge is -2.55. The molecule has 0 amide bonds. The van der Waals surface area contributed by atoms with E-state index in [1.54, 1.807) is 0 Å². The average Bonchev–Trinajstić information content (AvgIpc) is 2.76. The minimum absolute atomic E-state index is 0.151. The van der Waals surface area contributed by atoms with E-state index in [9.17, 15) is 19.8 Å². The van der Waals surface area contributed by atoms with Gasteiger partial charge in [0.25, 0.3) is 0 Å². The Balaban J connectivity index is 1.68. The van der Waals surface area contributed by atoms with E-state index in [0.29, 0.717) is 17.8 Å². The van der Waals surface area contributed by atoms with Crippen LogP contribution in [0.1, 0.15) is 25.7 Å². The molecule has 0 aromatic carbocycles. The highest BCUT2D eigenvalue weighted by Crippen LogP contribution is 2.69. The average molecular weight is 250 g/mol. The molecule has 98 valence electrons. The van der Waals surface area contributed by atoms with Gasteiger partial charge in [0.2, 0.25) is 0 Å². The summed E-state index contributed by atoms with van der Waals surface area (Å²) >= 11 is 0. The summed E-state index contributed by atoms with van der Waals surface area (Å²) in [6.07, 6.45) is 4.71. The molecule has 4 bridgehead atoms.